The molecule has 2 aromatic heterocycles. The van der Waals surface area contributed by atoms with Gasteiger partial charge in [0.25, 0.3) is 0 Å². The fourth-order valence-corrected chi connectivity index (χ4v) is 7.31. The maximum Gasteiger partial charge on any atom is 2.00 e. The van der Waals surface area contributed by atoms with Gasteiger partial charge in [-0.1, -0.05) is 58.7 Å². The molecular weight excluding hydrogens is 600 g/mol. The van der Waals surface area contributed by atoms with Crippen molar-refractivity contribution in [1.82, 2.24) is 20.6 Å². The smallest absolute Gasteiger partial charge is 0.664 e. The second-order valence-corrected chi connectivity index (χ2v) is 12.1. The van der Waals surface area contributed by atoms with Crippen LogP contribution < -0.4 is 20.6 Å². The van der Waals surface area contributed by atoms with Gasteiger partial charge >= 0.3 is 29.0 Å². The summed E-state index contributed by atoms with van der Waals surface area (Å²) in [6.07, 6.45) is 7.53. The molecule has 10 heteroatoms. The molecule has 9 nitrogen and oxygen atoms in total. The second-order valence-electron chi connectivity index (χ2n) is 12.1. The average Bonchev–Trinajstić information content (AvgIpc) is 3.59. The average molecular weight is 645 g/mol. The zero-order valence-corrected chi connectivity index (χ0v) is 27.1. The Morgan fingerprint density at radius 2 is 1.27 bits per heavy atom. The van der Waals surface area contributed by atoms with Crippen LogP contribution in [0.25, 0.3) is 6.08 Å². The second kappa shape index (κ2) is 14.3. The first-order valence-electron chi connectivity index (χ1n) is 14.9. The van der Waals surface area contributed by atoms with Crippen molar-refractivity contribution in [3.63, 3.8) is 0 Å². The molecule has 3 aliphatic rings. The van der Waals surface area contributed by atoms with Crippen molar-refractivity contribution in [2.75, 3.05) is 0 Å². The predicted molar refractivity (Wildman–Crippen MR) is 167 cm³/mol. The molecule has 238 valence electrons. The molecule has 8 bridgehead atoms. The molecule has 0 saturated heterocycles. The van der Waals surface area contributed by atoms with Crippen LogP contribution in [0.4, 0.5) is 0 Å². The van der Waals surface area contributed by atoms with Crippen LogP contribution in [0, 0.1) is 13.8 Å². The van der Waals surface area contributed by atoms with E-state index in [-0.39, 0.29) is 59.6 Å². The minimum Gasteiger partial charge on any atom is -0.664 e. The SMILES string of the molecule is C=CC1=C(C)C2Cc3[n-]c(c(CCC(=O)O)c3C)CC3NC(Cc4[n-]c(c(C)c4C=C)CC1N2)C(C)=C3CCC(=O)O.O.[Fe+2]. The van der Waals surface area contributed by atoms with Crippen molar-refractivity contribution in [2.24, 2.45) is 0 Å². The minimum absolute atomic E-state index is 0. The molecule has 0 fully saturated rings. The van der Waals surface area contributed by atoms with Crippen molar-refractivity contribution in [3.8, 4) is 0 Å². The van der Waals surface area contributed by atoms with Gasteiger partial charge in [-0.15, -0.1) is 0 Å². The van der Waals surface area contributed by atoms with Gasteiger partial charge in [-0.2, -0.15) is 22.8 Å². The van der Waals surface area contributed by atoms with Gasteiger partial charge in [0.2, 0.25) is 0 Å². The third-order valence-corrected chi connectivity index (χ3v) is 9.74. The van der Waals surface area contributed by atoms with Gasteiger partial charge in [0, 0.05) is 37.0 Å². The molecule has 4 atom stereocenters. The molecule has 5 heterocycles. The van der Waals surface area contributed by atoms with Crippen LogP contribution in [-0.4, -0.2) is 51.8 Å². The van der Waals surface area contributed by atoms with Gasteiger partial charge in [-0.3, -0.25) is 9.59 Å². The summed E-state index contributed by atoms with van der Waals surface area (Å²) in [6, 6.07) is 0.0867. The fraction of sp³-hybridized carbons (Fsp3) is 0.471. The largest absolute Gasteiger partial charge is 2.00 e. The number of carboxylic acid groups (broad SMARTS) is 2. The Labute approximate surface area is 270 Å². The normalized spacial score (nSPS) is 22.8. The van der Waals surface area contributed by atoms with Gasteiger partial charge in [-0.05, 0) is 77.4 Å². The first-order chi connectivity index (χ1) is 20.0. The van der Waals surface area contributed by atoms with E-state index in [1.165, 1.54) is 11.1 Å². The van der Waals surface area contributed by atoms with E-state index in [1.54, 1.807) is 0 Å². The van der Waals surface area contributed by atoms with E-state index in [9.17, 15) is 19.8 Å². The molecule has 0 spiro atoms. The van der Waals surface area contributed by atoms with E-state index in [2.05, 4.69) is 51.5 Å². The van der Waals surface area contributed by atoms with Gasteiger partial charge in [0.05, 0.1) is 0 Å². The zero-order chi connectivity index (χ0) is 30.3. The van der Waals surface area contributed by atoms with Crippen LogP contribution in [0.2, 0.25) is 0 Å². The molecular formula is C34H44FeN4O5. The quantitative estimate of drug-likeness (QED) is 0.252. The van der Waals surface area contributed by atoms with E-state index in [4.69, 9.17) is 9.97 Å². The zero-order valence-electron chi connectivity index (χ0n) is 26.0. The Hall–Kier alpha value is -3.14. The summed E-state index contributed by atoms with van der Waals surface area (Å²) in [5.41, 5.74) is 13.0. The number of aromatic nitrogens is 2. The maximum atomic E-state index is 11.6. The standard InChI is InChI=1S/C34H42N4O4.Fe.H2O/c1-7-21-17(3)25-13-26-19(5)23(9-11-33(39)40)31(37-26)16-32-24(10-12-34(41)42)20(6)28(38-32)15-30-22(8-2)18(4)27(36-30)14-29(21)35-25;;/h7-8,25,28-29,32,35,38H,1-2,9-16H2,3-6H3,(H,39,40)(H,41,42);;1H2/q-2;+2;. The van der Waals surface area contributed by atoms with E-state index >= 15 is 0 Å². The van der Waals surface area contributed by atoms with Crippen LogP contribution in [0.15, 0.2) is 41.5 Å². The maximum absolute atomic E-state index is 11.6. The van der Waals surface area contributed by atoms with Crippen molar-refractivity contribution < 1.29 is 42.3 Å². The molecule has 4 unspecified atom stereocenters. The molecule has 5 rings (SSSR count). The van der Waals surface area contributed by atoms with E-state index in [0.717, 1.165) is 62.6 Å². The molecule has 0 aliphatic carbocycles. The summed E-state index contributed by atoms with van der Waals surface area (Å²) in [4.78, 5) is 33.5. The molecule has 0 aromatic carbocycles. The number of fused-ring (bicyclic) bond motifs is 8. The number of nitrogens with zero attached hydrogens (tertiary/aromatic N) is 2. The molecule has 0 radical (unpaired) electrons. The number of carbonyl (C=O) groups is 2. The summed E-state index contributed by atoms with van der Waals surface area (Å²) in [5.74, 6) is -1.65. The number of nitrogens with one attached hydrogen (secondary N) is 2. The summed E-state index contributed by atoms with van der Waals surface area (Å²) < 4.78 is 0. The van der Waals surface area contributed by atoms with Crippen molar-refractivity contribution >= 4 is 18.0 Å². The topological polar surface area (TPSA) is 158 Å². The van der Waals surface area contributed by atoms with Crippen molar-refractivity contribution in [3.05, 3.63) is 86.6 Å². The van der Waals surface area contributed by atoms with E-state index < -0.39 is 11.9 Å². The number of hydrogen-bond acceptors (Lipinski definition) is 4. The van der Waals surface area contributed by atoms with Crippen LogP contribution in [0.1, 0.15) is 78.1 Å². The summed E-state index contributed by atoms with van der Waals surface area (Å²) >= 11 is 0. The molecule has 44 heavy (non-hydrogen) atoms. The Balaban J connectivity index is 0.00000264. The third-order valence-electron chi connectivity index (χ3n) is 9.74. The number of aliphatic carboxylic acids is 2. The van der Waals surface area contributed by atoms with E-state index in [1.807, 2.05) is 12.2 Å². The fourth-order valence-electron chi connectivity index (χ4n) is 7.31. The first-order valence-corrected chi connectivity index (χ1v) is 14.9. The van der Waals surface area contributed by atoms with Gasteiger partial charge < -0.3 is 36.3 Å². The number of rotatable bonds is 8. The van der Waals surface area contributed by atoms with Crippen LogP contribution in [0.3, 0.4) is 0 Å². The van der Waals surface area contributed by atoms with Gasteiger partial charge in [-0.25, -0.2) is 0 Å². The van der Waals surface area contributed by atoms with Crippen LogP contribution in [0.5, 0.6) is 0 Å². The Morgan fingerprint density at radius 1 is 0.750 bits per heavy atom. The monoisotopic (exact) mass is 644 g/mol. The van der Waals surface area contributed by atoms with Gasteiger partial charge in [0.15, 0.2) is 0 Å². The molecule has 6 N–H and O–H groups in total. The Morgan fingerprint density at radius 3 is 1.91 bits per heavy atom. The summed E-state index contributed by atoms with van der Waals surface area (Å²) in [7, 11) is 0. The predicted octanol–water partition coefficient (Wildman–Crippen LogP) is 3.30. The third kappa shape index (κ3) is 6.75. The first kappa shape index (κ1) is 35.3. The Kier molecular flexibility index (Phi) is 11.5. The van der Waals surface area contributed by atoms with Crippen LogP contribution >= 0.6 is 0 Å². The summed E-state index contributed by atoms with van der Waals surface area (Å²) in [6.45, 7) is 16.7. The van der Waals surface area contributed by atoms with Crippen LogP contribution in [-0.2, 0) is 58.8 Å². The van der Waals surface area contributed by atoms with Crippen molar-refractivity contribution in [2.45, 2.75) is 103 Å². The number of carboxylic acids is 2. The van der Waals surface area contributed by atoms with Crippen molar-refractivity contribution in [1.29, 1.82) is 0 Å². The molecule has 3 aliphatic heterocycles. The molecule has 2 aromatic rings. The number of hydrogen-bond donors (Lipinski definition) is 4. The molecule has 0 amide bonds. The molecule has 0 saturated carbocycles. The van der Waals surface area contributed by atoms with Gasteiger partial charge in [0.1, 0.15) is 0 Å². The summed E-state index contributed by atoms with van der Waals surface area (Å²) in [5, 5.41) is 26.6. The van der Waals surface area contributed by atoms with E-state index in [0.29, 0.717) is 32.1 Å². The Bertz CT molecular complexity index is 1510. The minimum atomic E-state index is -0.831.